The molecular weight excluding hydrogens is 362 g/mol. The SMILES string of the molecule is CC(C)CN1C=C2CC(=O)C(OCC(N)=O)C=C2C(c2cccs2)=C1CN. The zero-order chi connectivity index (χ0) is 19.6. The fourth-order valence-corrected chi connectivity index (χ4v) is 4.25. The Bertz CT molecular complexity index is 822. The number of hydrogen-bond donors (Lipinski definition) is 2. The first-order chi connectivity index (χ1) is 12.9. The number of nitrogens with two attached hydrogens (primary N) is 2. The third kappa shape index (κ3) is 4.21. The topological polar surface area (TPSA) is 98.6 Å². The Kier molecular flexibility index (Phi) is 5.94. The van der Waals surface area contributed by atoms with Crippen LogP contribution >= 0.6 is 11.3 Å². The first-order valence-electron chi connectivity index (χ1n) is 9.00. The highest BCUT2D eigenvalue weighted by atomic mass is 32.1. The summed E-state index contributed by atoms with van der Waals surface area (Å²) in [5.41, 5.74) is 15.3. The number of ketones is 1. The van der Waals surface area contributed by atoms with E-state index >= 15 is 0 Å². The van der Waals surface area contributed by atoms with Crippen molar-refractivity contribution in [1.29, 1.82) is 0 Å². The van der Waals surface area contributed by atoms with Gasteiger partial charge in [0.25, 0.3) is 0 Å². The Hall–Kier alpha value is -2.22. The van der Waals surface area contributed by atoms with Gasteiger partial charge in [-0.3, -0.25) is 9.59 Å². The molecule has 1 aromatic heterocycles. The highest BCUT2D eigenvalue weighted by Crippen LogP contribution is 2.42. The molecule has 3 rings (SSSR count). The van der Waals surface area contributed by atoms with E-state index in [4.69, 9.17) is 16.2 Å². The number of ether oxygens (including phenoxy) is 1. The quantitative estimate of drug-likeness (QED) is 0.746. The number of hydrogen-bond acceptors (Lipinski definition) is 6. The maximum absolute atomic E-state index is 12.5. The van der Waals surface area contributed by atoms with Gasteiger partial charge >= 0.3 is 0 Å². The summed E-state index contributed by atoms with van der Waals surface area (Å²) in [6, 6.07) is 4.06. The van der Waals surface area contributed by atoms with Gasteiger partial charge in [-0.15, -0.1) is 11.3 Å². The Morgan fingerprint density at radius 3 is 2.81 bits per heavy atom. The molecule has 7 heteroatoms. The van der Waals surface area contributed by atoms with Crippen LogP contribution in [0.4, 0.5) is 0 Å². The molecule has 1 atom stereocenters. The van der Waals surface area contributed by atoms with Crippen molar-refractivity contribution in [3.05, 3.63) is 51.5 Å². The predicted octanol–water partition coefficient (Wildman–Crippen LogP) is 2.04. The first kappa shape index (κ1) is 19.5. The molecule has 144 valence electrons. The lowest BCUT2D eigenvalue weighted by atomic mass is 9.83. The molecule has 1 amide bonds. The summed E-state index contributed by atoms with van der Waals surface area (Å²) in [6.07, 6.45) is 3.33. The normalized spacial score (nSPS) is 19.9. The lowest BCUT2D eigenvalue weighted by molar-refractivity contribution is -0.132. The smallest absolute Gasteiger partial charge is 0.243 e. The van der Waals surface area contributed by atoms with Crippen molar-refractivity contribution in [3.8, 4) is 0 Å². The van der Waals surface area contributed by atoms with Crippen LogP contribution in [0.2, 0.25) is 0 Å². The summed E-state index contributed by atoms with van der Waals surface area (Å²) in [5.74, 6) is -0.215. The van der Waals surface area contributed by atoms with Crippen LogP contribution < -0.4 is 11.5 Å². The monoisotopic (exact) mass is 387 g/mol. The number of nitrogens with zero attached hydrogens (tertiary/aromatic N) is 1. The van der Waals surface area contributed by atoms with E-state index in [1.54, 1.807) is 17.4 Å². The molecule has 0 radical (unpaired) electrons. The fraction of sp³-hybridized carbons (Fsp3) is 0.400. The second kappa shape index (κ2) is 8.21. The van der Waals surface area contributed by atoms with E-state index in [1.165, 1.54) is 0 Å². The van der Waals surface area contributed by atoms with E-state index in [0.717, 1.165) is 33.8 Å². The average Bonchev–Trinajstić information content (AvgIpc) is 3.12. The molecule has 2 aliphatic rings. The molecule has 0 aromatic carbocycles. The van der Waals surface area contributed by atoms with Crippen LogP contribution in [0.15, 0.2) is 46.6 Å². The van der Waals surface area contributed by atoms with E-state index < -0.39 is 12.0 Å². The van der Waals surface area contributed by atoms with Crippen LogP contribution in [0.1, 0.15) is 25.1 Å². The summed E-state index contributed by atoms with van der Waals surface area (Å²) in [5, 5.41) is 2.02. The molecule has 27 heavy (non-hydrogen) atoms. The molecule has 4 N–H and O–H groups in total. The highest BCUT2D eigenvalue weighted by Gasteiger charge is 2.33. The van der Waals surface area contributed by atoms with E-state index in [1.807, 2.05) is 17.6 Å². The van der Waals surface area contributed by atoms with Crippen LogP contribution in [0, 0.1) is 5.92 Å². The van der Waals surface area contributed by atoms with Crippen LogP contribution in [0.5, 0.6) is 0 Å². The Balaban J connectivity index is 2.08. The maximum atomic E-state index is 12.5. The predicted molar refractivity (Wildman–Crippen MR) is 107 cm³/mol. The van der Waals surface area contributed by atoms with Crippen LogP contribution in [-0.4, -0.2) is 42.4 Å². The van der Waals surface area contributed by atoms with Crippen molar-refractivity contribution in [2.75, 3.05) is 19.7 Å². The largest absolute Gasteiger partial charge is 0.368 e. The standard InChI is InChI=1S/C20H25N3O3S/c1-12(2)9-23-10-13-6-16(24)17(26-11-19(22)25)7-14(13)20(15(23)8-21)18-4-3-5-27-18/h3-5,7,10,12,17H,6,8-9,11,21H2,1-2H3,(H2,22,25). The van der Waals surface area contributed by atoms with Gasteiger partial charge in [0, 0.05) is 41.9 Å². The molecule has 0 bridgehead atoms. The Labute approximate surface area is 163 Å². The zero-order valence-corrected chi connectivity index (χ0v) is 16.4. The van der Waals surface area contributed by atoms with Gasteiger partial charge in [-0.25, -0.2) is 0 Å². The minimum Gasteiger partial charge on any atom is -0.368 e. The van der Waals surface area contributed by atoms with Crippen molar-refractivity contribution in [2.24, 2.45) is 17.4 Å². The number of allylic oxidation sites excluding steroid dienone is 3. The number of thiophene rings is 1. The molecule has 0 fully saturated rings. The molecular formula is C20H25N3O3S. The minimum atomic E-state index is -0.768. The zero-order valence-electron chi connectivity index (χ0n) is 15.6. The van der Waals surface area contributed by atoms with E-state index in [0.29, 0.717) is 12.5 Å². The molecule has 6 nitrogen and oxygen atoms in total. The fourth-order valence-electron chi connectivity index (χ4n) is 3.44. The second-order valence-electron chi connectivity index (χ2n) is 7.13. The van der Waals surface area contributed by atoms with Crippen LogP contribution in [0.3, 0.4) is 0 Å². The van der Waals surface area contributed by atoms with Gasteiger partial charge in [0.2, 0.25) is 5.91 Å². The summed E-state index contributed by atoms with van der Waals surface area (Å²) in [7, 11) is 0. The molecule has 0 saturated carbocycles. The maximum Gasteiger partial charge on any atom is 0.243 e. The van der Waals surface area contributed by atoms with Crippen molar-refractivity contribution in [1.82, 2.24) is 4.90 Å². The van der Waals surface area contributed by atoms with Crippen molar-refractivity contribution in [2.45, 2.75) is 26.4 Å². The summed E-state index contributed by atoms with van der Waals surface area (Å²) >= 11 is 1.64. The molecule has 0 saturated heterocycles. The number of carbonyl (C=O) groups is 2. The second-order valence-corrected chi connectivity index (χ2v) is 8.07. The number of carbonyl (C=O) groups excluding carboxylic acids is 2. The molecule has 2 heterocycles. The van der Waals surface area contributed by atoms with Crippen molar-refractivity contribution >= 4 is 28.6 Å². The molecule has 1 aliphatic heterocycles. The summed E-state index contributed by atoms with van der Waals surface area (Å²) in [6.45, 7) is 5.25. The first-order valence-corrected chi connectivity index (χ1v) is 9.88. The third-order valence-corrected chi connectivity index (χ3v) is 5.38. The lowest BCUT2D eigenvalue weighted by Gasteiger charge is -2.36. The summed E-state index contributed by atoms with van der Waals surface area (Å²) in [4.78, 5) is 26.8. The van der Waals surface area contributed by atoms with E-state index in [-0.39, 0.29) is 18.8 Å². The van der Waals surface area contributed by atoms with Crippen LogP contribution in [0.25, 0.3) is 5.57 Å². The number of rotatable bonds is 7. The average molecular weight is 388 g/mol. The van der Waals surface area contributed by atoms with Gasteiger partial charge in [-0.1, -0.05) is 19.9 Å². The Morgan fingerprint density at radius 2 is 2.22 bits per heavy atom. The third-order valence-electron chi connectivity index (χ3n) is 4.49. The van der Waals surface area contributed by atoms with Gasteiger partial charge < -0.3 is 21.1 Å². The number of fused-ring (bicyclic) bond motifs is 1. The molecule has 1 aliphatic carbocycles. The Morgan fingerprint density at radius 1 is 1.44 bits per heavy atom. The molecule has 1 aromatic rings. The lowest BCUT2D eigenvalue weighted by Crippen LogP contribution is -2.35. The van der Waals surface area contributed by atoms with Crippen molar-refractivity contribution in [3.63, 3.8) is 0 Å². The van der Waals surface area contributed by atoms with Gasteiger partial charge in [0.15, 0.2) is 5.78 Å². The van der Waals surface area contributed by atoms with Gasteiger partial charge in [-0.05, 0) is 34.6 Å². The number of Topliss-reactive ketones (excluding diaryl/α,β-unsaturated/α-hetero) is 1. The summed E-state index contributed by atoms with van der Waals surface area (Å²) < 4.78 is 5.44. The van der Waals surface area contributed by atoms with Gasteiger partial charge in [0.1, 0.15) is 12.7 Å². The van der Waals surface area contributed by atoms with Gasteiger partial charge in [-0.2, -0.15) is 0 Å². The van der Waals surface area contributed by atoms with E-state index in [2.05, 4.69) is 24.8 Å². The minimum absolute atomic E-state index is 0.0718. The number of amides is 1. The van der Waals surface area contributed by atoms with E-state index in [9.17, 15) is 9.59 Å². The van der Waals surface area contributed by atoms with Gasteiger partial charge in [0.05, 0.1) is 0 Å². The van der Waals surface area contributed by atoms with Crippen LogP contribution in [-0.2, 0) is 14.3 Å². The highest BCUT2D eigenvalue weighted by molar-refractivity contribution is 7.11. The number of primary amides is 1. The molecule has 0 spiro atoms. The molecule has 1 unspecified atom stereocenters. The van der Waals surface area contributed by atoms with Crippen molar-refractivity contribution < 1.29 is 14.3 Å².